The summed E-state index contributed by atoms with van der Waals surface area (Å²) < 4.78 is 21.4. The summed E-state index contributed by atoms with van der Waals surface area (Å²) in [5, 5.41) is 0. The smallest absolute Gasteiger partial charge is 0.341 e. The molecule has 3 atom stereocenters. The zero-order valence-electron chi connectivity index (χ0n) is 11.3. The Balaban J connectivity index is 2.19. The van der Waals surface area contributed by atoms with Gasteiger partial charge in [-0.1, -0.05) is 24.3 Å². The Morgan fingerprint density at radius 2 is 2.00 bits per heavy atom. The van der Waals surface area contributed by atoms with Crippen molar-refractivity contribution in [3.05, 3.63) is 35.4 Å². The first-order valence-corrected chi connectivity index (χ1v) is 6.14. The van der Waals surface area contributed by atoms with Gasteiger partial charge in [0.15, 0.2) is 11.9 Å². The Morgan fingerprint density at radius 3 is 2.65 bits per heavy atom. The van der Waals surface area contributed by atoms with Crippen LogP contribution < -0.4 is 0 Å². The van der Waals surface area contributed by atoms with E-state index in [-0.39, 0.29) is 5.78 Å². The maximum atomic E-state index is 12.5. The average molecular weight is 278 g/mol. The Bertz CT molecular complexity index is 597. The van der Waals surface area contributed by atoms with E-state index in [1.165, 1.54) is 21.1 Å². The molecule has 0 radical (unpaired) electrons. The molecule has 0 aromatic heterocycles. The minimum Gasteiger partial charge on any atom is -0.467 e. The maximum absolute atomic E-state index is 12.5. The molecule has 2 aliphatic heterocycles. The topological polar surface area (TPSA) is 71.1 Å². The molecule has 0 saturated carbocycles. The van der Waals surface area contributed by atoms with Gasteiger partial charge >= 0.3 is 11.9 Å². The predicted octanol–water partition coefficient (Wildman–Crippen LogP) is 0.987. The maximum Gasteiger partial charge on any atom is 0.341 e. The van der Waals surface area contributed by atoms with Crippen LogP contribution in [0.4, 0.5) is 0 Å². The first kappa shape index (κ1) is 13.2. The van der Waals surface area contributed by atoms with E-state index in [0.717, 1.165) is 0 Å². The summed E-state index contributed by atoms with van der Waals surface area (Å²) in [6.07, 6.45) is -1.09. The van der Waals surface area contributed by atoms with Crippen LogP contribution in [0.2, 0.25) is 0 Å². The van der Waals surface area contributed by atoms with Crippen molar-refractivity contribution in [1.29, 1.82) is 0 Å². The van der Waals surface area contributed by atoms with E-state index in [1.807, 2.05) is 0 Å². The number of fused-ring (bicyclic) bond motifs is 4. The number of carbonyl (C=O) groups excluding carboxylic acids is 2. The SMILES string of the molecule is COC(=O)[C@@]1(C)O[C@@]2(OC)O[C@@H]1C(=O)c1ccccc12. The van der Waals surface area contributed by atoms with Gasteiger partial charge in [0.1, 0.15) is 0 Å². The number of ether oxygens (including phenoxy) is 4. The van der Waals surface area contributed by atoms with Crippen LogP contribution in [-0.2, 0) is 29.7 Å². The molecule has 0 N–H and O–H groups in total. The summed E-state index contributed by atoms with van der Waals surface area (Å²) in [5.41, 5.74) is -0.657. The Morgan fingerprint density at radius 1 is 1.30 bits per heavy atom. The second-order valence-electron chi connectivity index (χ2n) is 4.87. The fourth-order valence-corrected chi connectivity index (χ4v) is 2.70. The van der Waals surface area contributed by atoms with E-state index in [2.05, 4.69) is 0 Å². The number of rotatable bonds is 2. The minimum atomic E-state index is -1.56. The Kier molecular flexibility index (Phi) is 2.72. The third-order valence-electron chi connectivity index (χ3n) is 3.74. The van der Waals surface area contributed by atoms with Crippen LogP contribution in [0.15, 0.2) is 24.3 Å². The predicted molar refractivity (Wildman–Crippen MR) is 65.8 cm³/mol. The largest absolute Gasteiger partial charge is 0.467 e. The Labute approximate surface area is 115 Å². The molecule has 2 heterocycles. The molecule has 1 saturated heterocycles. The van der Waals surface area contributed by atoms with Crippen LogP contribution in [-0.4, -0.2) is 37.7 Å². The van der Waals surface area contributed by atoms with Crippen molar-refractivity contribution in [3.63, 3.8) is 0 Å². The number of benzene rings is 1. The summed E-state index contributed by atoms with van der Waals surface area (Å²) in [6, 6.07) is 6.82. The molecule has 106 valence electrons. The van der Waals surface area contributed by atoms with Gasteiger partial charge in [-0.2, -0.15) is 0 Å². The van der Waals surface area contributed by atoms with Crippen LogP contribution in [0.3, 0.4) is 0 Å². The number of Topliss-reactive ketones (excluding diaryl/α,β-unsaturated/α-hetero) is 1. The molecule has 2 aliphatic rings. The van der Waals surface area contributed by atoms with Gasteiger partial charge in [0, 0.05) is 12.7 Å². The molecule has 0 spiro atoms. The lowest BCUT2D eigenvalue weighted by Crippen LogP contribution is -2.49. The summed E-state index contributed by atoms with van der Waals surface area (Å²) in [7, 11) is 2.63. The third-order valence-corrected chi connectivity index (χ3v) is 3.74. The zero-order valence-corrected chi connectivity index (χ0v) is 11.3. The van der Waals surface area contributed by atoms with Gasteiger partial charge in [-0.25, -0.2) is 4.79 Å². The number of hydrogen-bond acceptors (Lipinski definition) is 6. The van der Waals surface area contributed by atoms with E-state index in [0.29, 0.717) is 11.1 Å². The lowest BCUT2D eigenvalue weighted by molar-refractivity contribution is -0.348. The fourth-order valence-electron chi connectivity index (χ4n) is 2.70. The highest BCUT2D eigenvalue weighted by atomic mass is 16.9. The molecule has 1 fully saturated rings. The van der Waals surface area contributed by atoms with Crippen molar-refractivity contribution in [2.75, 3.05) is 14.2 Å². The van der Waals surface area contributed by atoms with Gasteiger partial charge in [0.25, 0.3) is 0 Å². The first-order valence-electron chi connectivity index (χ1n) is 6.14. The van der Waals surface area contributed by atoms with E-state index in [1.54, 1.807) is 24.3 Å². The number of hydrogen-bond donors (Lipinski definition) is 0. The van der Waals surface area contributed by atoms with Gasteiger partial charge in [-0.3, -0.25) is 4.79 Å². The van der Waals surface area contributed by atoms with Crippen molar-refractivity contribution in [3.8, 4) is 0 Å². The van der Waals surface area contributed by atoms with Gasteiger partial charge in [0.05, 0.1) is 12.7 Å². The van der Waals surface area contributed by atoms with Crippen molar-refractivity contribution in [2.45, 2.75) is 24.6 Å². The van der Waals surface area contributed by atoms with Crippen LogP contribution in [0.1, 0.15) is 22.8 Å². The Hall–Kier alpha value is -1.76. The van der Waals surface area contributed by atoms with Crippen LogP contribution >= 0.6 is 0 Å². The van der Waals surface area contributed by atoms with Crippen LogP contribution in [0.25, 0.3) is 0 Å². The lowest BCUT2D eigenvalue weighted by atomic mass is 9.90. The quantitative estimate of drug-likeness (QED) is 0.751. The number of methoxy groups -OCH3 is 2. The number of ketones is 1. The number of carbonyl (C=O) groups is 2. The third kappa shape index (κ3) is 1.44. The molecule has 20 heavy (non-hydrogen) atoms. The second-order valence-corrected chi connectivity index (χ2v) is 4.87. The normalized spacial score (nSPS) is 34.8. The first-order chi connectivity index (χ1) is 9.48. The summed E-state index contributed by atoms with van der Waals surface area (Å²) in [4.78, 5) is 24.5. The van der Waals surface area contributed by atoms with Crippen LogP contribution in [0.5, 0.6) is 0 Å². The zero-order chi connectivity index (χ0) is 14.5. The molecule has 0 amide bonds. The molecular formula is C14H14O6. The van der Waals surface area contributed by atoms with E-state index in [4.69, 9.17) is 18.9 Å². The van der Waals surface area contributed by atoms with E-state index in [9.17, 15) is 9.59 Å². The van der Waals surface area contributed by atoms with Crippen molar-refractivity contribution >= 4 is 11.8 Å². The van der Waals surface area contributed by atoms with Gasteiger partial charge in [-0.05, 0) is 6.92 Å². The van der Waals surface area contributed by atoms with Crippen molar-refractivity contribution in [1.82, 2.24) is 0 Å². The van der Waals surface area contributed by atoms with Crippen LogP contribution in [0, 0.1) is 0 Å². The van der Waals surface area contributed by atoms with Gasteiger partial charge in [-0.15, -0.1) is 0 Å². The molecule has 6 heteroatoms. The highest BCUT2D eigenvalue weighted by Gasteiger charge is 2.67. The summed E-state index contributed by atoms with van der Waals surface area (Å²) in [5.74, 6) is -2.56. The molecule has 1 aromatic carbocycles. The average Bonchev–Trinajstić information content (AvgIpc) is 2.77. The highest BCUT2D eigenvalue weighted by Crippen LogP contribution is 2.49. The standard InChI is InChI=1S/C14H14O6/c1-13(12(16)17-2)11-10(15)8-6-4-5-7-9(8)14(18-3,19-11)20-13/h4-7,11H,1-3H3/t11-,13+,14+/m1/s1. The summed E-state index contributed by atoms with van der Waals surface area (Å²) in [6.45, 7) is 1.47. The molecule has 1 aromatic rings. The van der Waals surface area contributed by atoms with Gasteiger partial charge < -0.3 is 18.9 Å². The summed E-state index contributed by atoms with van der Waals surface area (Å²) >= 11 is 0. The monoisotopic (exact) mass is 278 g/mol. The molecule has 2 bridgehead atoms. The molecule has 3 rings (SSSR count). The highest BCUT2D eigenvalue weighted by molar-refractivity contribution is 6.06. The molecule has 0 aliphatic carbocycles. The van der Waals surface area contributed by atoms with E-state index < -0.39 is 23.6 Å². The minimum absolute atomic E-state index is 0.321. The molecular weight excluding hydrogens is 264 g/mol. The van der Waals surface area contributed by atoms with Gasteiger partial charge in [0.2, 0.25) is 5.60 Å². The van der Waals surface area contributed by atoms with Crippen molar-refractivity contribution in [2.24, 2.45) is 0 Å². The van der Waals surface area contributed by atoms with Crippen molar-refractivity contribution < 1.29 is 28.5 Å². The van der Waals surface area contributed by atoms with E-state index >= 15 is 0 Å². The second kappa shape index (κ2) is 4.12. The number of esters is 1. The fraction of sp³-hybridized carbons (Fsp3) is 0.429. The lowest BCUT2D eigenvalue weighted by Gasteiger charge is -2.30. The molecule has 0 unspecified atom stereocenters. The molecule has 6 nitrogen and oxygen atoms in total.